The number of guanidine groups is 1. The highest BCUT2D eigenvalue weighted by Gasteiger charge is 2.16. The molecule has 29 heavy (non-hydrogen) atoms. The Morgan fingerprint density at radius 2 is 2.03 bits per heavy atom. The van der Waals surface area contributed by atoms with E-state index in [4.69, 9.17) is 0 Å². The van der Waals surface area contributed by atoms with Crippen LogP contribution in [0.5, 0.6) is 0 Å². The molecule has 0 aliphatic rings. The lowest BCUT2D eigenvalue weighted by atomic mass is 10.1. The number of nitrogens with zero attached hydrogens (tertiary/aromatic N) is 6. The minimum Gasteiger partial charge on any atom is -0.356 e. The molecule has 8 nitrogen and oxygen atoms in total. The van der Waals surface area contributed by atoms with E-state index >= 15 is 0 Å². The molecule has 0 aliphatic carbocycles. The Bertz CT molecular complexity index is 953. The van der Waals surface area contributed by atoms with Gasteiger partial charge in [-0.3, -0.25) is 9.67 Å². The van der Waals surface area contributed by atoms with Crippen molar-refractivity contribution in [3.8, 4) is 0 Å². The predicted molar refractivity (Wildman–Crippen MR) is 118 cm³/mol. The highest BCUT2D eigenvalue weighted by Crippen LogP contribution is 2.16. The van der Waals surface area contributed by atoms with Gasteiger partial charge in [-0.2, -0.15) is 5.10 Å². The van der Waals surface area contributed by atoms with Gasteiger partial charge in [0.1, 0.15) is 5.82 Å². The number of fused-ring (bicyclic) bond motifs is 1. The molecule has 1 aromatic carbocycles. The van der Waals surface area contributed by atoms with Crippen LogP contribution in [0.15, 0.2) is 41.7 Å². The van der Waals surface area contributed by atoms with E-state index in [1.807, 2.05) is 24.0 Å². The highest BCUT2D eigenvalue weighted by atomic mass is 15.3. The molecule has 0 amide bonds. The van der Waals surface area contributed by atoms with Crippen LogP contribution in [0.3, 0.4) is 0 Å². The monoisotopic (exact) mass is 396 g/mol. The Hall–Kier alpha value is -2.87. The highest BCUT2D eigenvalue weighted by molar-refractivity contribution is 5.79. The number of benzene rings is 1. The van der Waals surface area contributed by atoms with Gasteiger partial charge in [0.15, 0.2) is 5.96 Å². The standard InChI is InChI=1S/C21H32N8/c1-16-26-18-9-6-7-10-19(18)29(16)12-8-11-23-21(22-2)24-14-20(27(3)4)17-13-25-28(5)15-17/h6-7,9-10,13,15,20H,8,11-12,14H2,1-5H3,(H2,22,23,24). The van der Waals surface area contributed by atoms with E-state index in [-0.39, 0.29) is 6.04 Å². The lowest BCUT2D eigenvalue weighted by Gasteiger charge is -2.24. The molecule has 1 atom stereocenters. The minimum atomic E-state index is 0.224. The topological polar surface area (TPSA) is 75.3 Å². The van der Waals surface area contributed by atoms with E-state index in [0.717, 1.165) is 43.4 Å². The summed E-state index contributed by atoms with van der Waals surface area (Å²) in [4.78, 5) is 11.2. The van der Waals surface area contributed by atoms with Crippen LogP contribution in [0, 0.1) is 6.92 Å². The van der Waals surface area contributed by atoms with Gasteiger partial charge in [-0.05, 0) is 39.6 Å². The van der Waals surface area contributed by atoms with Crippen LogP contribution in [0.2, 0.25) is 0 Å². The third-order valence-corrected chi connectivity index (χ3v) is 5.12. The fraction of sp³-hybridized carbons (Fsp3) is 0.476. The molecule has 2 N–H and O–H groups in total. The zero-order chi connectivity index (χ0) is 20.8. The summed E-state index contributed by atoms with van der Waals surface area (Å²) in [7, 11) is 7.90. The number of rotatable bonds is 8. The number of aliphatic imine (C=N–C) groups is 1. The summed E-state index contributed by atoms with van der Waals surface area (Å²) in [5.74, 6) is 1.87. The summed E-state index contributed by atoms with van der Waals surface area (Å²) in [6.07, 6.45) is 4.96. The Balaban J connectivity index is 1.49. The number of aromatic nitrogens is 4. The number of imidazole rings is 1. The quantitative estimate of drug-likeness (QED) is 0.346. The van der Waals surface area contributed by atoms with Crippen LogP contribution in [-0.4, -0.2) is 64.4 Å². The van der Waals surface area contributed by atoms with Crippen molar-refractivity contribution in [2.75, 3.05) is 34.2 Å². The number of aryl methyl sites for hydroxylation is 3. The van der Waals surface area contributed by atoms with Crippen LogP contribution < -0.4 is 10.6 Å². The molecule has 0 spiro atoms. The summed E-state index contributed by atoms with van der Waals surface area (Å²) in [6.45, 7) is 4.58. The molecule has 3 rings (SSSR count). The minimum absolute atomic E-state index is 0.224. The van der Waals surface area contributed by atoms with Gasteiger partial charge in [-0.25, -0.2) is 4.98 Å². The summed E-state index contributed by atoms with van der Waals surface area (Å²) >= 11 is 0. The van der Waals surface area contributed by atoms with Crippen molar-refractivity contribution in [3.05, 3.63) is 48.0 Å². The normalized spacial score (nSPS) is 13.2. The average Bonchev–Trinajstić information content (AvgIpc) is 3.26. The first-order chi connectivity index (χ1) is 14.0. The first-order valence-corrected chi connectivity index (χ1v) is 10.0. The van der Waals surface area contributed by atoms with E-state index in [2.05, 4.69) is 80.6 Å². The van der Waals surface area contributed by atoms with E-state index in [1.165, 1.54) is 11.1 Å². The van der Waals surface area contributed by atoms with Crippen LogP contribution >= 0.6 is 0 Å². The van der Waals surface area contributed by atoms with Crippen molar-refractivity contribution in [1.82, 2.24) is 34.9 Å². The SMILES string of the molecule is CN=C(NCCCn1c(C)nc2ccccc21)NCC(c1cnn(C)c1)N(C)C. The molecule has 3 aromatic rings. The molecular weight excluding hydrogens is 364 g/mol. The summed E-state index contributed by atoms with van der Waals surface area (Å²) in [6, 6.07) is 8.51. The maximum Gasteiger partial charge on any atom is 0.191 e. The lowest BCUT2D eigenvalue weighted by molar-refractivity contribution is 0.298. The van der Waals surface area contributed by atoms with Crippen LogP contribution in [-0.2, 0) is 13.6 Å². The van der Waals surface area contributed by atoms with Crippen LogP contribution in [0.25, 0.3) is 11.0 Å². The number of nitrogens with one attached hydrogen (secondary N) is 2. The van der Waals surface area contributed by atoms with Gasteiger partial charge in [0.25, 0.3) is 0 Å². The zero-order valence-electron chi connectivity index (χ0n) is 18.1. The van der Waals surface area contributed by atoms with E-state index in [0.29, 0.717) is 0 Å². The first-order valence-electron chi connectivity index (χ1n) is 10.0. The van der Waals surface area contributed by atoms with Crippen LogP contribution in [0.1, 0.15) is 23.9 Å². The molecule has 8 heteroatoms. The molecule has 0 saturated carbocycles. The largest absolute Gasteiger partial charge is 0.356 e. The number of hydrogen-bond donors (Lipinski definition) is 2. The summed E-state index contributed by atoms with van der Waals surface area (Å²) < 4.78 is 4.11. The molecule has 0 bridgehead atoms. The molecule has 2 heterocycles. The van der Waals surface area contributed by atoms with Gasteiger partial charge in [0.2, 0.25) is 0 Å². The molecule has 2 aromatic heterocycles. The lowest BCUT2D eigenvalue weighted by Crippen LogP contribution is -2.42. The maximum atomic E-state index is 4.63. The van der Waals surface area contributed by atoms with Crippen molar-refractivity contribution < 1.29 is 0 Å². The average molecular weight is 397 g/mol. The van der Waals surface area contributed by atoms with Gasteiger partial charge in [-0.1, -0.05) is 12.1 Å². The molecule has 0 saturated heterocycles. The van der Waals surface area contributed by atoms with Gasteiger partial charge in [0, 0.05) is 45.5 Å². The number of likely N-dealkylation sites (N-methyl/N-ethyl adjacent to an activating group) is 1. The van der Waals surface area contributed by atoms with Crippen LogP contribution in [0.4, 0.5) is 0 Å². The molecule has 0 radical (unpaired) electrons. The molecule has 0 fully saturated rings. The predicted octanol–water partition coefficient (Wildman–Crippen LogP) is 1.94. The van der Waals surface area contributed by atoms with Crippen molar-refractivity contribution in [1.29, 1.82) is 0 Å². The zero-order valence-corrected chi connectivity index (χ0v) is 18.1. The second-order valence-electron chi connectivity index (χ2n) is 7.46. The van der Waals surface area contributed by atoms with Crippen molar-refractivity contribution >= 4 is 17.0 Å². The van der Waals surface area contributed by atoms with Crippen molar-refractivity contribution in [2.24, 2.45) is 12.0 Å². The fourth-order valence-corrected chi connectivity index (χ4v) is 3.55. The van der Waals surface area contributed by atoms with Gasteiger partial charge < -0.3 is 20.1 Å². The van der Waals surface area contributed by atoms with Crippen molar-refractivity contribution in [3.63, 3.8) is 0 Å². The van der Waals surface area contributed by atoms with Crippen molar-refractivity contribution in [2.45, 2.75) is 25.9 Å². The fourth-order valence-electron chi connectivity index (χ4n) is 3.55. The molecule has 1 unspecified atom stereocenters. The van der Waals surface area contributed by atoms with Gasteiger partial charge in [0.05, 0.1) is 23.3 Å². The number of hydrogen-bond acceptors (Lipinski definition) is 4. The van der Waals surface area contributed by atoms with Gasteiger partial charge in [-0.15, -0.1) is 0 Å². The Labute approximate surface area is 172 Å². The third kappa shape index (κ3) is 5.14. The molecule has 156 valence electrons. The smallest absolute Gasteiger partial charge is 0.191 e. The van der Waals surface area contributed by atoms with E-state index in [1.54, 1.807) is 7.05 Å². The number of para-hydroxylation sites is 2. The summed E-state index contributed by atoms with van der Waals surface area (Å²) in [5.41, 5.74) is 3.43. The second-order valence-corrected chi connectivity index (χ2v) is 7.46. The van der Waals surface area contributed by atoms with E-state index < -0.39 is 0 Å². The first kappa shape index (κ1) is 20.9. The maximum absolute atomic E-state index is 4.63. The Morgan fingerprint density at radius 3 is 2.72 bits per heavy atom. The third-order valence-electron chi connectivity index (χ3n) is 5.12. The molecule has 0 aliphatic heterocycles. The molecular formula is C21H32N8. The summed E-state index contributed by atoms with van der Waals surface area (Å²) in [5, 5.41) is 11.1. The second kappa shape index (κ2) is 9.56. The Kier molecular flexibility index (Phi) is 6.87. The Morgan fingerprint density at radius 1 is 1.24 bits per heavy atom. The van der Waals surface area contributed by atoms with E-state index in [9.17, 15) is 0 Å². The van der Waals surface area contributed by atoms with Gasteiger partial charge >= 0.3 is 0 Å².